The number of piperazine rings is 1. The maximum absolute atomic E-state index is 12.9. The minimum atomic E-state index is -0.392. The molecule has 0 saturated carbocycles. The second-order valence-corrected chi connectivity index (χ2v) is 7.67. The SMILES string of the molecule is CCC(=O)N1CCCC1C(=O)N1CCN(Cc2cc(C)cc(C)c2)C(=O)C1. The van der Waals surface area contributed by atoms with Crippen LogP contribution in [-0.2, 0) is 20.9 Å². The highest BCUT2D eigenvalue weighted by atomic mass is 16.2. The molecule has 6 heteroatoms. The average Bonchev–Trinajstić information content (AvgIpc) is 3.11. The first kappa shape index (κ1) is 19.4. The summed E-state index contributed by atoms with van der Waals surface area (Å²) in [5, 5.41) is 0. The minimum absolute atomic E-state index is 0.0191. The van der Waals surface area contributed by atoms with E-state index < -0.39 is 6.04 Å². The van der Waals surface area contributed by atoms with E-state index in [0.717, 1.165) is 12.0 Å². The fourth-order valence-electron chi connectivity index (χ4n) is 4.18. The van der Waals surface area contributed by atoms with E-state index in [-0.39, 0.29) is 24.3 Å². The topological polar surface area (TPSA) is 60.9 Å². The van der Waals surface area contributed by atoms with Gasteiger partial charge in [0.1, 0.15) is 6.04 Å². The molecule has 2 aliphatic rings. The normalized spacial score (nSPS) is 20.3. The van der Waals surface area contributed by atoms with Gasteiger partial charge in [-0.25, -0.2) is 0 Å². The Hall–Kier alpha value is -2.37. The molecule has 2 heterocycles. The number of rotatable bonds is 4. The molecule has 0 N–H and O–H groups in total. The van der Waals surface area contributed by atoms with Crippen LogP contribution in [0.2, 0.25) is 0 Å². The maximum atomic E-state index is 12.9. The Morgan fingerprint density at radius 2 is 1.78 bits per heavy atom. The molecule has 3 rings (SSSR count). The lowest BCUT2D eigenvalue weighted by Crippen LogP contribution is -2.56. The third-order valence-electron chi connectivity index (χ3n) is 5.45. The number of carbonyl (C=O) groups is 3. The van der Waals surface area contributed by atoms with Crippen LogP contribution in [0.1, 0.15) is 42.9 Å². The van der Waals surface area contributed by atoms with Crippen LogP contribution in [0.25, 0.3) is 0 Å². The zero-order valence-electron chi connectivity index (χ0n) is 16.5. The Bertz CT molecular complexity index is 726. The zero-order valence-corrected chi connectivity index (χ0v) is 16.5. The van der Waals surface area contributed by atoms with Gasteiger partial charge in [-0.3, -0.25) is 14.4 Å². The Balaban J connectivity index is 1.62. The molecule has 2 aliphatic heterocycles. The number of benzene rings is 1. The molecule has 6 nitrogen and oxygen atoms in total. The molecule has 0 bridgehead atoms. The summed E-state index contributed by atoms with van der Waals surface area (Å²) in [7, 11) is 0. The molecule has 0 aliphatic carbocycles. The molecule has 0 spiro atoms. The van der Waals surface area contributed by atoms with Crippen LogP contribution < -0.4 is 0 Å². The molecule has 0 aromatic heterocycles. The van der Waals surface area contributed by atoms with E-state index in [2.05, 4.69) is 32.0 Å². The van der Waals surface area contributed by atoms with E-state index in [1.165, 1.54) is 11.1 Å². The third kappa shape index (κ3) is 4.31. The van der Waals surface area contributed by atoms with Gasteiger partial charge in [-0.05, 0) is 32.3 Å². The zero-order chi connectivity index (χ0) is 19.6. The quantitative estimate of drug-likeness (QED) is 0.812. The molecule has 2 fully saturated rings. The maximum Gasteiger partial charge on any atom is 0.245 e. The highest BCUT2D eigenvalue weighted by molar-refractivity contribution is 5.91. The smallest absolute Gasteiger partial charge is 0.245 e. The molecule has 27 heavy (non-hydrogen) atoms. The van der Waals surface area contributed by atoms with Gasteiger partial charge in [-0.15, -0.1) is 0 Å². The van der Waals surface area contributed by atoms with Crippen LogP contribution in [-0.4, -0.2) is 64.6 Å². The number of nitrogens with zero attached hydrogens (tertiary/aromatic N) is 3. The highest BCUT2D eigenvalue weighted by Gasteiger charge is 2.38. The first-order valence-corrected chi connectivity index (χ1v) is 9.82. The fourth-order valence-corrected chi connectivity index (χ4v) is 4.18. The van der Waals surface area contributed by atoms with Gasteiger partial charge in [0.25, 0.3) is 0 Å². The summed E-state index contributed by atoms with van der Waals surface area (Å²) < 4.78 is 0. The lowest BCUT2D eigenvalue weighted by molar-refractivity contribution is -0.150. The van der Waals surface area contributed by atoms with Crippen LogP contribution in [0.4, 0.5) is 0 Å². The lowest BCUT2D eigenvalue weighted by Gasteiger charge is -2.37. The van der Waals surface area contributed by atoms with Gasteiger partial charge < -0.3 is 14.7 Å². The van der Waals surface area contributed by atoms with Crippen LogP contribution in [0.15, 0.2) is 18.2 Å². The molecule has 146 valence electrons. The molecule has 1 unspecified atom stereocenters. The summed E-state index contributed by atoms with van der Waals surface area (Å²) in [6.45, 7) is 8.31. The van der Waals surface area contributed by atoms with Crippen molar-refractivity contribution in [1.82, 2.24) is 14.7 Å². The van der Waals surface area contributed by atoms with Crippen LogP contribution in [0, 0.1) is 13.8 Å². The molecular formula is C21H29N3O3. The van der Waals surface area contributed by atoms with Crippen molar-refractivity contribution >= 4 is 17.7 Å². The molecule has 1 aromatic rings. The molecule has 1 aromatic carbocycles. The number of carbonyl (C=O) groups excluding carboxylic acids is 3. The van der Waals surface area contributed by atoms with Crippen molar-refractivity contribution in [1.29, 1.82) is 0 Å². The van der Waals surface area contributed by atoms with Gasteiger partial charge in [-0.2, -0.15) is 0 Å². The Labute approximate surface area is 161 Å². The van der Waals surface area contributed by atoms with Gasteiger partial charge in [0.15, 0.2) is 0 Å². The molecular weight excluding hydrogens is 342 g/mol. The van der Waals surface area contributed by atoms with Gasteiger partial charge in [0, 0.05) is 32.6 Å². The van der Waals surface area contributed by atoms with Crippen molar-refractivity contribution in [3.8, 4) is 0 Å². The van der Waals surface area contributed by atoms with E-state index in [1.54, 1.807) is 9.80 Å². The number of likely N-dealkylation sites (tertiary alicyclic amines) is 1. The van der Waals surface area contributed by atoms with Gasteiger partial charge in [-0.1, -0.05) is 36.2 Å². The average molecular weight is 371 g/mol. The summed E-state index contributed by atoms with van der Waals surface area (Å²) in [6.07, 6.45) is 1.96. The highest BCUT2D eigenvalue weighted by Crippen LogP contribution is 2.22. The number of hydrogen-bond donors (Lipinski definition) is 0. The second kappa shape index (κ2) is 8.11. The Morgan fingerprint density at radius 1 is 1.07 bits per heavy atom. The molecule has 0 radical (unpaired) electrons. The number of amides is 3. The van der Waals surface area contributed by atoms with Gasteiger partial charge in [0.2, 0.25) is 17.7 Å². The summed E-state index contributed by atoms with van der Waals surface area (Å²) >= 11 is 0. The summed E-state index contributed by atoms with van der Waals surface area (Å²) in [6, 6.07) is 5.93. The molecule has 3 amide bonds. The first-order valence-electron chi connectivity index (χ1n) is 9.82. The summed E-state index contributed by atoms with van der Waals surface area (Å²) in [5.74, 6) is -0.0838. The van der Waals surface area contributed by atoms with E-state index in [1.807, 2.05) is 11.8 Å². The van der Waals surface area contributed by atoms with Crippen LogP contribution in [0.5, 0.6) is 0 Å². The molecule has 1 atom stereocenters. The fraction of sp³-hybridized carbons (Fsp3) is 0.571. The Morgan fingerprint density at radius 3 is 2.41 bits per heavy atom. The Kier molecular flexibility index (Phi) is 5.82. The summed E-state index contributed by atoms with van der Waals surface area (Å²) in [5.41, 5.74) is 3.50. The third-order valence-corrected chi connectivity index (χ3v) is 5.45. The first-order chi connectivity index (χ1) is 12.9. The van der Waals surface area contributed by atoms with Crippen LogP contribution in [0.3, 0.4) is 0 Å². The standard InChI is InChI=1S/C21H29N3O3/c1-4-19(25)24-7-5-6-18(24)21(27)23-9-8-22(20(26)14-23)13-17-11-15(2)10-16(3)12-17/h10-12,18H,4-9,13-14H2,1-3H3. The van der Waals surface area contributed by atoms with Crippen molar-refractivity contribution in [3.05, 3.63) is 34.9 Å². The van der Waals surface area contributed by atoms with E-state index in [4.69, 9.17) is 0 Å². The van der Waals surface area contributed by atoms with E-state index in [0.29, 0.717) is 39.0 Å². The van der Waals surface area contributed by atoms with Gasteiger partial charge in [0.05, 0.1) is 6.54 Å². The van der Waals surface area contributed by atoms with Crippen molar-refractivity contribution in [2.45, 2.75) is 52.6 Å². The predicted molar refractivity (Wildman–Crippen MR) is 103 cm³/mol. The van der Waals surface area contributed by atoms with E-state index in [9.17, 15) is 14.4 Å². The molecule has 2 saturated heterocycles. The minimum Gasteiger partial charge on any atom is -0.335 e. The van der Waals surface area contributed by atoms with Crippen LogP contribution >= 0.6 is 0 Å². The second-order valence-electron chi connectivity index (χ2n) is 7.67. The van der Waals surface area contributed by atoms with Crippen molar-refractivity contribution < 1.29 is 14.4 Å². The predicted octanol–water partition coefficient (Wildman–Crippen LogP) is 1.88. The van der Waals surface area contributed by atoms with E-state index >= 15 is 0 Å². The van der Waals surface area contributed by atoms with Crippen molar-refractivity contribution in [2.24, 2.45) is 0 Å². The largest absolute Gasteiger partial charge is 0.335 e. The van der Waals surface area contributed by atoms with Crippen molar-refractivity contribution in [2.75, 3.05) is 26.2 Å². The summed E-state index contributed by atoms with van der Waals surface area (Å²) in [4.78, 5) is 42.7. The lowest BCUT2D eigenvalue weighted by atomic mass is 10.1. The number of aryl methyl sites for hydroxylation is 2. The van der Waals surface area contributed by atoms with Crippen molar-refractivity contribution in [3.63, 3.8) is 0 Å². The van der Waals surface area contributed by atoms with Gasteiger partial charge >= 0.3 is 0 Å². The number of hydrogen-bond acceptors (Lipinski definition) is 3. The monoisotopic (exact) mass is 371 g/mol.